The Morgan fingerprint density at radius 1 is 1.23 bits per heavy atom. The fraction of sp³-hybridized carbons (Fsp3) is 0.667. The van der Waals surface area contributed by atoms with E-state index < -0.39 is 24.2 Å². The average Bonchev–Trinajstić information content (AvgIpc) is 2.37. The highest BCUT2D eigenvalue weighted by molar-refractivity contribution is 6.27. The Morgan fingerprint density at radius 3 is 1.77 bits per heavy atom. The molecule has 1 aliphatic rings. The fourth-order valence-electron chi connectivity index (χ4n) is 0.633. The molecule has 6 nitrogen and oxygen atoms in total. The van der Waals surface area contributed by atoms with E-state index in [-0.39, 0.29) is 0 Å². The Bertz CT molecular complexity index is 177. The first-order valence-corrected chi connectivity index (χ1v) is 3.44. The maximum atomic E-state index is 12.0. The van der Waals surface area contributed by atoms with Crippen LogP contribution in [0.25, 0.3) is 0 Å². The average molecular weight is 195 g/mol. The van der Waals surface area contributed by atoms with Gasteiger partial charge in [0.15, 0.2) is 0 Å². The molecule has 1 aliphatic heterocycles. The van der Waals surface area contributed by atoms with E-state index in [0.29, 0.717) is 13.1 Å². The quantitative estimate of drug-likeness (QED) is 0.348. The van der Waals surface area contributed by atoms with E-state index in [1.807, 2.05) is 0 Å². The number of alkyl halides is 1. The zero-order valence-electron chi connectivity index (χ0n) is 6.61. The van der Waals surface area contributed by atoms with Crippen LogP contribution in [0.15, 0.2) is 0 Å². The van der Waals surface area contributed by atoms with Crippen molar-refractivity contribution in [1.29, 1.82) is 0 Å². The number of carbonyl (C=O) groups is 2. The van der Waals surface area contributed by atoms with Crippen molar-refractivity contribution >= 4 is 11.9 Å². The van der Waals surface area contributed by atoms with Gasteiger partial charge in [0.1, 0.15) is 6.17 Å². The number of rotatable bonds is 0. The SMILES string of the molecule is O=C(O)C(=O)O.O[C@@H]1CNC[C@H]1F. The van der Waals surface area contributed by atoms with Gasteiger partial charge >= 0.3 is 11.9 Å². The van der Waals surface area contributed by atoms with Crippen LogP contribution in [0.4, 0.5) is 4.39 Å². The molecule has 0 aromatic carbocycles. The predicted molar refractivity (Wildman–Crippen MR) is 39.0 cm³/mol. The highest BCUT2D eigenvalue weighted by atomic mass is 19.1. The lowest BCUT2D eigenvalue weighted by molar-refractivity contribution is -0.159. The molecule has 7 heteroatoms. The van der Waals surface area contributed by atoms with Gasteiger partial charge in [0.2, 0.25) is 0 Å². The molecule has 0 unspecified atom stereocenters. The van der Waals surface area contributed by atoms with Crippen molar-refractivity contribution in [2.75, 3.05) is 13.1 Å². The maximum absolute atomic E-state index is 12.0. The highest BCUT2D eigenvalue weighted by Crippen LogP contribution is 2.01. The van der Waals surface area contributed by atoms with Gasteiger partial charge in [-0.2, -0.15) is 0 Å². The van der Waals surface area contributed by atoms with E-state index in [4.69, 9.17) is 24.9 Å². The minimum Gasteiger partial charge on any atom is -0.473 e. The van der Waals surface area contributed by atoms with Gasteiger partial charge in [0, 0.05) is 13.1 Å². The monoisotopic (exact) mass is 195 g/mol. The first-order chi connectivity index (χ1) is 5.95. The Hall–Kier alpha value is -1.21. The van der Waals surface area contributed by atoms with Crippen LogP contribution >= 0.6 is 0 Å². The summed E-state index contributed by atoms with van der Waals surface area (Å²) in [6.45, 7) is 0.711. The van der Waals surface area contributed by atoms with Gasteiger partial charge in [-0.25, -0.2) is 14.0 Å². The van der Waals surface area contributed by atoms with Gasteiger partial charge in [-0.3, -0.25) is 0 Å². The predicted octanol–water partition coefficient (Wildman–Crippen LogP) is -1.56. The summed E-state index contributed by atoms with van der Waals surface area (Å²) < 4.78 is 12.0. The highest BCUT2D eigenvalue weighted by Gasteiger charge is 2.23. The van der Waals surface area contributed by atoms with Gasteiger partial charge in [0.25, 0.3) is 0 Å². The molecule has 0 amide bonds. The second-order valence-electron chi connectivity index (χ2n) is 2.35. The number of aliphatic hydroxyl groups excluding tert-OH is 1. The van der Waals surface area contributed by atoms with Crippen LogP contribution in [0, 0.1) is 0 Å². The minimum atomic E-state index is -1.82. The lowest BCUT2D eigenvalue weighted by Crippen LogP contribution is -2.17. The Kier molecular flexibility index (Phi) is 4.93. The van der Waals surface area contributed by atoms with Crippen LogP contribution in [0.1, 0.15) is 0 Å². The molecule has 0 saturated carbocycles. The molecule has 4 N–H and O–H groups in total. The van der Waals surface area contributed by atoms with Crippen LogP contribution in [0.3, 0.4) is 0 Å². The smallest absolute Gasteiger partial charge is 0.414 e. The summed E-state index contributed by atoms with van der Waals surface area (Å²) in [5.74, 6) is -3.65. The van der Waals surface area contributed by atoms with Crippen molar-refractivity contribution in [3.05, 3.63) is 0 Å². The van der Waals surface area contributed by atoms with Gasteiger partial charge in [0.05, 0.1) is 6.10 Å². The second kappa shape index (κ2) is 5.44. The van der Waals surface area contributed by atoms with Crippen LogP contribution in [0.2, 0.25) is 0 Å². The molecule has 76 valence electrons. The number of hydrogen-bond acceptors (Lipinski definition) is 4. The van der Waals surface area contributed by atoms with Gasteiger partial charge in [-0.05, 0) is 0 Å². The van der Waals surface area contributed by atoms with Crippen molar-refractivity contribution in [3.8, 4) is 0 Å². The number of aliphatic hydroxyl groups is 1. The lowest BCUT2D eigenvalue weighted by Gasteiger charge is -1.98. The molecule has 0 spiro atoms. The topological polar surface area (TPSA) is 107 Å². The number of hydrogen-bond donors (Lipinski definition) is 4. The Morgan fingerprint density at radius 2 is 1.69 bits per heavy atom. The van der Waals surface area contributed by atoms with Crippen molar-refractivity contribution in [1.82, 2.24) is 5.32 Å². The molecule has 1 saturated heterocycles. The number of β-amino-alcohol motifs (C(OH)–C–C–N with tert-alkyl or cyclic N) is 1. The van der Waals surface area contributed by atoms with Gasteiger partial charge in [-0.1, -0.05) is 0 Å². The molecule has 1 rings (SSSR count). The third-order valence-corrected chi connectivity index (χ3v) is 1.29. The molecule has 13 heavy (non-hydrogen) atoms. The summed E-state index contributed by atoms with van der Waals surface area (Å²) in [7, 11) is 0. The number of carboxylic acids is 2. The van der Waals surface area contributed by atoms with Crippen molar-refractivity contribution < 1.29 is 29.3 Å². The van der Waals surface area contributed by atoms with E-state index in [9.17, 15) is 4.39 Å². The van der Waals surface area contributed by atoms with Gasteiger partial charge < -0.3 is 20.6 Å². The Balaban J connectivity index is 0.000000226. The molecular weight excluding hydrogens is 185 g/mol. The number of carboxylic acid groups (broad SMARTS) is 2. The van der Waals surface area contributed by atoms with Crippen molar-refractivity contribution in [3.63, 3.8) is 0 Å². The summed E-state index contributed by atoms with van der Waals surface area (Å²) in [5.41, 5.74) is 0. The summed E-state index contributed by atoms with van der Waals surface area (Å²) >= 11 is 0. The first-order valence-electron chi connectivity index (χ1n) is 3.44. The largest absolute Gasteiger partial charge is 0.473 e. The zero-order chi connectivity index (χ0) is 10.4. The Labute approximate surface area is 73.0 Å². The van der Waals surface area contributed by atoms with Crippen LogP contribution < -0.4 is 5.32 Å². The molecule has 1 heterocycles. The number of halogens is 1. The van der Waals surface area contributed by atoms with Crippen LogP contribution in [-0.2, 0) is 9.59 Å². The first kappa shape index (κ1) is 11.8. The van der Waals surface area contributed by atoms with Crippen molar-refractivity contribution in [2.45, 2.75) is 12.3 Å². The molecule has 0 aromatic heterocycles. The second-order valence-corrected chi connectivity index (χ2v) is 2.35. The number of nitrogens with one attached hydrogen (secondary N) is 1. The molecule has 2 atom stereocenters. The van der Waals surface area contributed by atoms with Crippen LogP contribution in [-0.4, -0.2) is 52.6 Å². The zero-order valence-corrected chi connectivity index (χ0v) is 6.61. The van der Waals surface area contributed by atoms with E-state index in [0.717, 1.165) is 0 Å². The summed E-state index contributed by atoms with van der Waals surface area (Å²) in [6.07, 6.45) is -1.81. The third kappa shape index (κ3) is 5.10. The lowest BCUT2D eigenvalue weighted by atomic mass is 10.3. The van der Waals surface area contributed by atoms with E-state index in [2.05, 4.69) is 5.32 Å². The third-order valence-electron chi connectivity index (χ3n) is 1.29. The summed E-state index contributed by atoms with van der Waals surface area (Å²) in [5, 5.41) is 26.0. The van der Waals surface area contributed by atoms with Crippen molar-refractivity contribution in [2.24, 2.45) is 0 Å². The minimum absolute atomic E-state index is 0.307. The van der Waals surface area contributed by atoms with E-state index >= 15 is 0 Å². The maximum Gasteiger partial charge on any atom is 0.414 e. The molecule has 0 aromatic rings. The summed E-state index contributed by atoms with van der Waals surface area (Å²) in [4.78, 5) is 18.2. The van der Waals surface area contributed by atoms with Gasteiger partial charge in [-0.15, -0.1) is 0 Å². The van der Waals surface area contributed by atoms with E-state index in [1.54, 1.807) is 0 Å². The van der Waals surface area contributed by atoms with Crippen LogP contribution in [0.5, 0.6) is 0 Å². The molecular formula is C6H10FNO5. The molecule has 0 radical (unpaired) electrons. The fourth-order valence-corrected chi connectivity index (χ4v) is 0.633. The normalized spacial score (nSPS) is 26.0. The van der Waals surface area contributed by atoms with E-state index in [1.165, 1.54) is 0 Å². The standard InChI is InChI=1S/C4H8FNO.C2H2O4/c5-3-1-6-2-4(3)7;3-1(4)2(5)6/h3-4,6-7H,1-2H2;(H,3,4)(H,5,6)/t3-,4-;/m1./s1. The molecule has 1 fully saturated rings. The molecule has 0 bridgehead atoms. The summed E-state index contributed by atoms with van der Waals surface area (Å²) in [6, 6.07) is 0. The number of aliphatic carboxylic acids is 2. The molecule has 0 aliphatic carbocycles.